The van der Waals surface area contributed by atoms with Gasteiger partial charge >= 0.3 is 0 Å². The highest BCUT2D eigenvalue weighted by Gasteiger charge is 2.04. The number of hydrogen-bond acceptors (Lipinski definition) is 3. The van der Waals surface area contributed by atoms with Crippen molar-refractivity contribution in [2.45, 2.75) is 13.0 Å². The number of hydrogen-bond donors (Lipinski definition) is 2. The van der Waals surface area contributed by atoms with Crippen LogP contribution in [-0.4, -0.2) is 17.0 Å². The zero-order valence-corrected chi connectivity index (χ0v) is 12.1. The van der Waals surface area contributed by atoms with Crippen LogP contribution in [0.2, 0.25) is 5.02 Å². The average molecular weight is 306 g/mol. The zero-order valence-electron chi connectivity index (χ0n) is 11.4. The van der Waals surface area contributed by atoms with Gasteiger partial charge in [-0.25, -0.2) is 0 Å². The lowest BCUT2D eigenvalue weighted by molar-refractivity contribution is -0.121. The smallest absolute Gasteiger partial charge is 0.251 e. The van der Waals surface area contributed by atoms with Crippen LogP contribution in [0.3, 0.4) is 0 Å². The Morgan fingerprint density at radius 3 is 2.86 bits per heavy atom. The van der Waals surface area contributed by atoms with Gasteiger partial charge in [-0.15, -0.1) is 0 Å². The van der Waals surface area contributed by atoms with Crippen LogP contribution >= 0.6 is 11.6 Å². The van der Waals surface area contributed by atoms with E-state index in [9.17, 15) is 9.59 Å². The maximum Gasteiger partial charge on any atom is 0.251 e. The summed E-state index contributed by atoms with van der Waals surface area (Å²) in [5.41, 5.74) is 6.83. The van der Waals surface area contributed by atoms with Gasteiger partial charge in [-0.2, -0.15) is 0 Å². The quantitative estimate of drug-likeness (QED) is 0.877. The van der Waals surface area contributed by atoms with E-state index in [1.54, 1.807) is 6.07 Å². The van der Waals surface area contributed by atoms with E-state index < -0.39 is 0 Å². The summed E-state index contributed by atoms with van der Waals surface area (Å²) in [6.45, 7) is 0.440. The van der Waals surface area contributed by atoms with E-state index in [0.29, 0.717) is 23.7 Å². The number of rotatable bonds is 5. The van der Waals surface area contributed by atoms with Crippen LogP contribution in [0.25, 0.3) is 0 Å². The molecule has 21 heavy (non-hydrogen) atoms. The molecule has 0 spiro atoms. The number of halogens is 1. The number of pyridine rings is 1. The van der Waals surface area contributed by atoms with Gasteiger partial charge in [0, 0.05) is 29.5 Å². The molecule has 0 radical (unpaired) electrons. The minimum atomic E-state index is -0.255. The largest absolute Gasteiger partial charge is 0.398 e. The van der Waals surface area contributed by atoms with Crippen molar-refractivity contribution in [3.8, 4) is 0 Å². The number of anilines is 1. The summed E-state index contributed by atoms with van der Waals surface area (Å²) < 4.78 is 1.28. The first kappa shape index (κ1) is 15.1. The summed E-state index contributed by atoms with van der Waals surface area (Å²) in [6, 6.07) is 10.3. The van der Waals surface area contributed by atoms with Gasteiger partial charge in [0.2, 0.25) is 5.91 Å². The Morgan fingerprint density at radius 1 is 1.29 bits per heavy atom. The van der Waals surface area contributed by atoms with Gasteiger partial charge in [0.1, 0.15) is 6.54 Å². The monoisotopic (exact) mass is 305 g/mol. The molecule has 0 aliphatic heterocycles. The number of nitrogens with zero attached hydrogens (tertiary/aromatic N) is 1. The Labute approximate surface area is 127 Å². The van der Waals surface area contributed by atoms with Crippen molar-refractivity contribution in [1.82, 2.24) is 9.88 Å². The van der Waals surface area contributed by atoms with E-state index in [-0.39, 0.29) is 18.0 Å². The van der Waals surface area contributed by atoms with Gasteiger partial charge in [-0.1, -0.05) is 23.7 Å². The standard InChI is InChI=1S/C15H16ClN3O2/c16-12-3-1-2-11(8-12)6-7-18-14(20)10-19-9-13(17)4-5-15(19)21/h1-5,8-9H,6-7,10,17H2,(H,18,20). The summed E-state index contributed by atoms with van der Waals surface area (Å²) in [5.74, 6) is -0.232. The number of carbonyl (C=O) groups excluding carboxylic acids is 1. The Bertz CT molecular complexity index is 697. The molecule has 1 heterocycles. The fraction of sp³-hybridized carbons (Fsp3) is 0.200. The van der Waals surface area contributed by atoms with Gasteiger partial charge in [0.05, 0.1) is 0 Å². The van der Waals surface area contributed by atoms with E-state index in [1.807, 2.05) is 18.2 Å². The van der Waals surface area contributed by atoms with Crippen molar-refractivity contribution in [3.05, 3.63) is 63.5 Å². The Kier molecular flexibility index (Phi) is 5.00. The zero-order chi connectivity index (χ0) is 15.2. The molecule has 1 aromatic heterocycles. The summed E-state index contributed by atoms with van der Waals surface area (Å²) in [4.78, 5) is 23.3. The molecule has 5 nitrogen and oxygen atoms in total. The fourth-order valence-corrected chi connectivity index (χ4v) is 2.14. The van der Waals surface area contributed by atoms with E-state index in [0.717, 1.165) is 5.56 Å². The van der Waals surface area contributed by atoms with Crippen LogP contribution < -0.4 is 16.6 Å². The molecule has 0 atom stereocenters. The molecule has 0 saturated carbocycles. The van der Waals surface area contributed by atoms with Crippen molar-refractivity contribution in [3.63, 3.8) is 0 Å². The molecule has 1 amide bonds. The minimum Gasteiger partial charge on any atom is -0.398 e. The van der Waals surface area contributed by atoms with Crippen molar-refractivity contribution < 1.29 is 4.79 Å². The van der Waals surface area contributed by atoms with Gasteiger partial charge in [-0.3, -0.25) is 9.59 Å². The predicted molar refractivity (Wildman–Crippen MR) is 83.3 cm³/mol. The minimum absolute atomic E-state index is 0.0422. The number of aromatic nitrogens is 1. The summed E-state index contributed by atoms with van der Waals surface area (Å²) in [7, 11) is 0. The average Bonchev–Trinajstić information content (AvgIpc) is 2.43. The molecule has 2 aromatic rings. The molecule has 0 aliphatic carbocycles. The summed E-state index contributed by atoms with van der Waals surface area (Å²) >= 11 is 5.89. The Morgan fingerprint density at radius 2 is 2.10 bits per heavy atom. The van der Waals surface area contributed by atoms with Gasteiger partial charge in [0.15, 0.2) is 0 Å². The van der Waals surface area contributed by atoms with E-state index >= 15 is 0 Å². The molecule has 0 aliphatic rings. The predicted octanol–water partition coefficient (Wildman–Crippen LogP) is 1.44. The second-order valence-electron chi connectivity index (χ2n) is 4.66. The number of amides is 1. The first-order valence-corrected chi connectivity index (χ1v) is 6.89. The van der Waals surface area contributed by atoms with Crippen molar-refractivity contribution in [2.24, 2.45) is 0 Å². The number of nitrogens with two attached hydrogens (primary N) is 1. The molecular formula is C15H16ClN3O2. The topological polar surface area (TPSA) is 77.1 Å². The number of carbonyl (C=O) groups is 1. The second kappa shape index (κ2) is 6.95. The highest BCUT2D eigenvalue weighted by atomic mass is 35.5. The summed E-state index contributed by atoms with van der Waals surface area (Å²) in [5, 5.41) is 3.43. The van der Waals surface area contributed by atoms with Crippen LogP contribution in [0.5, 0.6) is 0 Å². The highest BCUT2D eigenvalue weighted by molar-refractivity contribution is 6.30. The molecule has 0 unspecified atom stereocenters. The van der Waals surface area contributed by atoms with Crippen molar-refractivity contribution >= 4 is 23.2 Å². The van der Waals surface area contributed by atoms with E-state index in [2.05, 4.69) is 5.32 Å². The molecular weight excluding hydrogens is 290 g/mol. The molecule has 0 bridgehead atoms. The number of nitrogens with one attached hydrogen (secondary N) is 1. The molecule has 3 N–H and O–H groups in total. The highest BCUT2D eigenvalue weighted by Crippen LogP contribution is 2.10. The first-order chi connectivity index (χ1) is 10.0. The normalized spacial score (nSPS) is 10.3. The van der Waals surface area contributed by atoms with Gasteiger partial charge < -0.3 is 15.6 Å². The van der Waals surface area contributed by atoms with E-state index in [1.165, 1.54) is 22.9 Å². The lowest BCUT2D eigenvalue weighted by Crippen LogP contribution is -2.33. The molecule has 0 fully saturated rings. The third kappa shape index (κ3) is 4.65. The number of benzene rings is 1. The third-order valence-electron chi connectivity index (χ3n) is 2.95. The van der Waals surface area contributed by atoms with Crippen molar-refractivity contribution in [1.29, 1.82) is 0 Å². The molecule has 110 valence electrons. The Hall–Kier alpha value is -2.27. The van der Waals surface area contributed by atoms with Crippen LogP contribution in [0.1, 0.15) is 5.56 Å². The maximum atomic E-state index is 11.8. The fourth-order valence-electron chi connectivity index (χ4n) is 1.92. The van der Waals surface area contributed by atoms with Crippen LogP contribution in [0.15, 0.2) is 47.4 Å². The molecule has 6 heteroatoms. The van der Waals surface area contributed by atoms with Crippen LogP contribution in [0, 0.1) is 0 Å². The maximum absolute atomic E-state index is 11.8. The molecule has 1 aromatic carbocycles. The lowest BCUT2D eigenvalue weighted by Gasteiger charge is -2.08. The molecule has 2 rings (SSSR count). The summed E-state index contributed by atoms with van der Waals surface area (Å²) in [6.07, 6.45) is 2.14. The molecule has 0 saturated heterocycles. The first-order valence-electron chi connectivity index (χ1n) is 6.52. The van der Waals surface area contributed by atoms with Gasteiger partial charge in [-0.05, 0) is 30.2 Å². The second-order valence-corrected chi connectivity index (χ2v) is 5.09. The third-order valence-corrected chi connectivity index (χ3v) is 3.18. The van der Waals surface area contributed by atoms with Gasteiger partial charge in [0.25, 0.3) is 5.56 Å². The van der Waals surface area contributed by atoms with Crippen molar-refractivity contribution in [2.75, 3.05) is 12.3 Å². The lowest BCUT2D eigenvalue weighted by atomic mass is 10.1. The SMILES string of the molecule is Nc1ccc(=O)n(CC(=O)NCCc2cccc(Cl)c2)c1. The van der Waals surface area contributed by atoms with Crippen LogP contribution in [0.4, 0.5) is 5.69 Å². The van der Waals surface area contributed by atoms with Crippen LogP contribution in [-0.2, 0) is 17.8 Å². The van der Waals surface area contributed by atoms with E-state index in [4.69, 9.17) is 17.3 Å². The Balaban J connectivity index is 1.85. The number of nitrogen functional groups attached to an aromatic ring is 1.